The molecule has 1 atom stereocenters. The Morgan fingerprint density at radius 2 is 1.23 bits per heavy atom. The number of benzene rings is 2. The van der Waals surface area contributed by atoms with Crippen molar-refractivity contribution in [1.82, 2.24) is 0 Å². The number of hydrogen-bond donors (Lipinski definition) is 0. The van der Waals surface area contributed by atoms with Gasteiger partial charge in [0.1, 0.15) is 6.29 Å². The molecular formula is C19H20O5S2. The summed E-state index contributed by atoms with van der Waals surface area (Å²) in [5.74, 6) is -0.755. The van der Waals surface area contributed by atoms with Gasteiger partial charge in [0.15, 0.2) is 24.3 Å². The fourth-order valence-corrected chi connectivity index (χ4v) is 7.29. The summed E-state index contributed by atoms with van der Waals surface area (Å²) in [5, 5.41) is 0. The number of carbonyl (C=O) groups is 1. The monoisotopic (exact) mass is 392 g/mol. The molecule has 0 aliphatic heterocycles. The quantitative estimate of drug-likeness (QED) is 0.484. The Kier molecular flexibility index (Phi) is 6.50. The van der Waals surface area contributed by atoms with Gasteiger partial charge in [-0.1, -0.05) is 42.5 Å². The highest BCUT2D eigenvalue weighted by atomic mass is 32.3. The lowest BCUT2D eigenvalue weighted by Gasteiger charge is -2.21. The van der Waals surface area contributed by atoms with E-state index in [-0.39, 0.29) is 22.6 Å². The average Bonchev–Trinajstić information content (AvgIpc) is 2.66. The minimum Gasteiger partial charge on any atom is -0.303 e. The molecular weight excluding hydrogens is 372 g/mol. The van der Waals surface area contributed by atoms with Gasteiger partial charge in [-0.05, 0) is 37.1 Å². The van der Waals surface area contributed by atoms with Crippen molar-refractivity contribution >= 4 is 26.0 Å². The Bertz CT molecular complexity index is 880. The van der Waals surface area contributed by atoms with Crippen molar-refractivity contribution in [2.24, 2.45) is 5.92 Å². The smallest absolute Gasteiger partial charge is 0.195 e. The number of carbonyl (C=O) groups excluding carboxylic acids is 1. The third kappa shape index (κ3) is 4.28. The zero-order valence-electron chi connectivity index (χ0n) is 14.1. The topological polar surface area (TPSA) is 85.3 Å². The van der Waals surface area contributed by atoms with Crippen LogP contribution in [0.3, 0.4) is 0 Å². The molecule has 0 bridgehead atoms. The molecule has 0 amide bonds. The second kappa shape index (κ2) is 8.42. The first kappa shape index (κ1) is 20.1. The first-order valence-corrected chi connectivity index (χ1v) is 11.1. The van der Waals surface area contributed by atoms with Crippen LogP contribution < -0.4 is 0 Å². The summed E-state index contributed by atoms with van der Waals surface area (Å²) < 4.78 is 50.6. The molecule has 0 fully saturated rings. The van der Waals surface area contributed by atoms with Gasteiger partial charge in [-0.2, -0.15) is 0 Å². The summed E-state index contributed by atoms with van der Waals surface area (Å²) >= 11 is 0. The van der Waals surface area contributed by atoms with Gasteiger partial charge in [-0.15, -0.1) is 6.58 Å². The highest BCUT2D eigenvalue weighted by Gasteiger charge is 2.41. The van der Waals surface area contributed by atoms with Gasteiger partial charge in [-0.25, -0.2) is 16.8 Å². The Balaban J connectivity index is 2.59. The van der Waals surface area contributed by atoms with Crippen LogP contribution in [0, 0.1) is 5.92 Å². The highest BCUT2D eigenvalue weighted by Crippen LogP contribution is 2.30. The van der Waals surface area contributed by atoms with Gasteiger partial charge in [0.05, 0.1) is 9.79 Å². The van der Waals surface area contributed by atoms with Crippen molar-refractivity contribution in [3.05, 3.63) is 73.3 Å². The summed E-state index contributed by atoms with van der Waals surface area (Å²) in [5.41, 5.74) is 0. The normalized spacial score (nSPS) is 13.3. The zero-order chi connectivity index (χ0) is 19.2. The molecule has 1 unspecified atom stereocenters. The molecule has 0 N–H and O–H groups in total. The molecule has 2 aromatic carbocycles. The van der Waals surface area contributed by atoms with Gasteiger partial charge in [0.2, 0.25) is 0 Å². The molecule has 0 spiro atoms. The number of sulfone groups is 2. The van der Waals surface area contributed by atoms with Crippen LogP contribution in [0.25, 0.3) is 0 Å². The first-order valence-electron chi connectivity index (χ1n) is 7.98. The van der Waals surface area contributed by atoms with Crippen molar-refractivity contribution in [3.63, 3.8) is 0 Å². The van der Waals surface area contributed by atoms with Gasteiger partial charge < -0.3 is 4.79 Å². The number of allylic oxidation sites excluding steroid dienone is 1. The van der Waals surface area contributed by atoms with E-state index in [1.165, 1.54) is 54.6 Å². The van der Waals surface area contributed by atoms with E-state index in [4.69, 9.17) is 0 Å². The van der Waals surface area contributed by atoms with E-state index in [0.717, 1.165) is 0 Å². The Morgan fingerprint density at radius 1 is 0.808 bits per heavy atom. The lowest BCUT2D eigenvalue weighted by atomic mass is 10.1. The van der Waals surface area contributed by atoms with Gasteiger partial charge >= 0.3 is 0 Å². The fraction of sp³-hybridized carbons (Fsp3) is 0.211. The fourth-order valence-electron chi connectivity index (χ4n) is 2.61. The van der Waals surface area contributed by atoms with Crippen LogP contribution in [-0.4, -0.2) is 27.7 Å². The second-order valence-electron chi connectivity index (χ2n) is 5.80. The summed E-state index contributed by atoms with van der Waals surface area (Å²) in [6.07, 6.45) is 1.93. The maximum atomic E-state index is 13.1. The molecule has 0 radical (unpaired) electrons. The SMILES string of the molecule is C=CCC(C=O)CC(S(=O)(=O)c1ccccc1)S(=O)(=O)c1ccccc1. The molecule has 138 valence electrons. The third-order valence-corrected chi connectivity index (χ3v) is 9.14. The molecule has 0 aliphatic carbocycles. The van der Waals surface area contributed by atoms with E-state index in [1.54, 1.807) is 12.1 Å². The lowest BCUT2D eigenvalue weighted by Crippen LogP contribution is -2.33. The molecule has 7 heteroatoms. The standard InChI is InChI=1S/C19H20O5S2/c1-2-9-16(15-20)14-19(25(21,22)17-10-5-3-6-11-17)26(23,24)18-12-7-4-8-13-18/h2-8,10-13,15-16,19H,1,9,14H2. The van der Waals surface area contributed by atoms with Crippen LogP contribution in [0.15, 0.2) is 83.1 Å². The van der Waals surface area contributed by atoms with E-state index in [1.807, 2.05) is 0 Å². The van der Waals surface area contributed by atoms with Crippen molar-refractivity contribution < 1.29 is 21.6 Å². The third-order valence-electron chi connectivity index (χ3n) is 3.99. The summed E-state index contributed by atoms with van der Waals surface area (Å²) in [4.78, 5) is 11.1. The minimum absolute atomic E-state index is 0.0900. The number of hydrogen-bond acceptors (Lipinski definition) is 5. The first-order chi connectivity index (χ1) is 12.3. The van der Waals surface area contributed by atoms with Crippen LogP contribution in [-0.2, 0) is 24.5 Å². The second-order valence-corrected chi connectivity index (χ2v) is 10.4. The Labute approximate surface area is 154 Å². The highest BCUT2D eigenvalue weighted by molar-refractivity contribution is 8.09. The maximum Gasteiger partial charge on any atom is 0.195 e. The summed E-state index contributed by atoms with van der Waals surface area (Å²) in [6, 6.07) is 14.8. The Morgan fingerprint density at radius 3 is 1.58 bits per heavy atom. The van der Waals surface area contributed by atoms with E-state index in [9.17, 15) is 21.6 Å². The Hall–Kier alpha value is -2.25. The average molecular weight is 392 g/mol. The van der Waals surface area contributed by atoms with Crippen LogP contribution in [0.4, 0.5) is 0 Å². The van der Waals surface area contributed by atoms with Crippen LogP contribution in [0.1, 0.15) is 12.8 Å². The predicted octanol–water partition coefficient (Wildman–Crippen LogP) is 3.04. The molecule has 0 aromatic heterocycles. The number of aldehydes is 1. The molecule has 26 heavy (non-hydrogen) atoms. The minimum atomic E-state index is -4.21. The summed E-state index contributed by atoms with van der Waals surface area (Å²) in [6.45, 7) is 3.54. The van der Waals surface area contributed by atoms with E-state index in [2.05, 4.69) is 6.58 Å². The van der Waals surface area contributed by atoms with Crippen LogP contribution in [0.2, 0.25) is 0 Å². The van der Waals surface area contributed by atoms with Crippen LogP contribution in [0.5, 0.6) is 0 Å². The molecule has 0 heterocycles. The number of rotatable bonds is 9. The lowest BCUT2D eigenvalue weighted by molar-refractivity contribution is -0.111. The van der Waals surface area contributed by atoms with Crippen molar-refractivity contribution in [2.45, 2.75) is 27.2 Å². The van der Waals surface area contributed by atoms with Crippen LogP contribution >= 0.6 is 0 Å². The van der Waals surface area contributed by atoms with Crippen molar-refractivity contribution in [3.8, 4) is 0 Å². The predicted molar refractivity (Wildman–Crippen MR) is 100 cm³/mol. The van der Waals surface area contributed by atoms with E-state index >= 15 is 0 Å². The maximum absolute atomic E-state index is 13.1. The van der Waals surface area contributed by atoms with Crippen molar-refractivity contribution in [2.75, 3.05) is 0 Å². The van der Waals surface area contributed by atoms with Gasteiger partial charge in [0, 0.05) is 5.92 Å². The molecule has 2 rings (SSSR count). The van der Waals surface area contributed by atoms with Gasteiger partial charge in [0.25, 0.3) is 0 Å². The molecule has 0 saturated carbocycles. The van der Waals surface area contributed by atoms with E-state index < -0.39 is 30.2 Å². The molecule has 0 aliphatic rings. The zero-order valence-corrected chi connectivity index (χ0v) is 15.7. The largest absolute Gasteiger partial charge is 0.303 e. The molecule has 0 saturated heterocycles. The van der Waals surface area contributed by atoms with Crippen molar-refractivity contribution in [1.29, 1.82) is 0 Å². The summed E-state index contributed by atoms with van der Waals surface area (Å²) in [7, 11) is -8.42. The van der Waals surface area contributed by atoms with Gasteiger partial charge in [-0.3, -0.25) is 0 Å². The molecule has 5 nitrogen and oxygen atoms in total. The molecule has 2 aromatic rings. The van der Waals surface area contributed by atoms with E-state index in [0.29, 0.717) is 6.29 Å².